The van der Waals surface area contributed by atoms with Crippen LogP contribution in [0.15, 0.2) is 30.6 Å². The van der Waals surface area contributed by atoms with Gasteiger partial charge in [-0.25, -0.2) is 4.98 Å². The second-order valence-electron chi connectivity index (χ2n) is 6.31. The summed E-state index contributed by atoms with van der Waals surface area (Å²) < 4.78 is 5.38. The van der Waals surface area contributed by atoms with Gasteiger partial charge in [0.2, 0.25) is 5.95 Å². The molecule has 3 N–H and O–H groups in total. The zero-order valence-electron chi connectivity index (χ0n) is 15.1. The number of ether oxygens (including phenoxy) is 1. The van der Waals surface area contributed by atoms with Gasteiger partial charge in [0, 0.05) is 56.2 Å². The molecule has 2 aromatic heterocycles. The van der Waals surface area contributed by atoms with Crippen molar-refractivity contribution >= 4 is 11.8 Å². The molecule has 0 bridgehead atoms. The lowest BCUT2D eigenvalue weighted by Gasteiger charge is -2.26. The Labute approximate surface area is 153 Å². The minimum Gasteiger partial charge on any atom is -0.394 e. The Bertz CT molecular complexity index is 679. The number of anilines is 2. The highest BCUT2D eigenvalue weighted by molar-refractivity contribution is 5.63. The lowest BCUT2D eigenvalue weighted by Crippen LogP contribution is -2.39. The van der Waals surface area contributed by atoms with Gasteiger partial charge in [-0.05, 0) is 19.1 Å². The second kappa shape index (κ2) is 9.42. The fraction of sp³-hybridized carbons (Fsp3) is 0.500. The van der Waals surface area contributed by atoms with Crippen LogP contribution < -0.4 is 10.6 Å². The van der Waals surface area contributed by atoms with Gasteiger partial charge in [-0.1, -0.05) is 0 Å². The van der Waals surface area contributed by atoms with E-state index in [1.165, 1.54) is 0 Å². The van der Waals surface area contributed by atoms with Gasteiger partial charge in [0.1, 0.15) is 5.82 Å². The first kappa shape index (κ1) is 18.5. The Kier molecular flexibility index (Phi) is 6.70. The van der Waals surface area contributed by atoms with Crippen LogP contribution in [0.1, 0.15) is 6.92 Å². The van der Waals surface area contributed by atoms with Crippen molar-refractivity contribution in [1.29, 1.82) is 0 Å². The van der Waals surface area contributed by atoms with Crippen molar-refractivity contribution < 1.29 is 9.84 Å². The molecule has 3 rings (SSSR count). The molecule has 8 heteroatoms. The van der Waals surface area contributed by atoms with Crippen molar-refractivity contribution in [3.8, 4) is 11.3 Å². The molecule has 1 aliphatic rings. The van der Waals surface area contributed by atoms with E-state index < -0.39 is 0 Å². The van der Waals surface area contributed by atoms with Crippen molar-refractivity contribution in [2.24, 2.45) is 0 Å². The Balaban J connectivity index is 1.71. The first-order valence-corrected chi connectivity index (χ1v) is 8.95. The summed E-state index contributed by atoms with van der Waals surface area (Å²) in [7, 11) is 0. The van der Waals surface area contributed by atoms with Crippen LogP contribution in [0, 0.1) is 0 Å². The van der Waals surface area contributed by atoms with Crippen LogP contribution in [0.4, 0.5) is 11.8 Å². The molecule has 0 radical (unpaired) electrons. The summed E-state index contributed by atoms with van der Waals surface area (Å²) in [6.45, 7) is 7.15. The maximum atomic E-state index is 9.28. The van der Waals surface area contributed by atoms with Gasteiger partial charge < -0.3 is 20.5 Å². The molecule has 1 aliphatic heterocycles. The lowest BCUT2D eigenvalue weighted by atomic mass is 10.2. The first-order chi connectivity index (χ1) is 12.7. The van der Waals surface area contributed by atoms with E-state index in [-0.39, 0.29) is 12.6 Å². The van der Waals surface area contributed by atoms with Gasteiger partial charge >= 0.3 is 0 Å². The molecule has 140 valence electrons. The summed E-state index contributed by atoms with van der Waals surface area (Å²) in [5.41, 5.74) is 1.71. The first-order valence-electron chi connectivity index (χ1n) is 8.95. The largest absolute Gasteiger partial charge is 0.394 e. The fourth-order valence-electron chi connectivity index (χ4n) is 2.70. The summed E-state index contributed by atoms with van der Waals surface area (Å²) in [6.07, 6.45) is 3.51. The van der Waals surface area contributed by atoms with Gasteiger partial charge in [-0.3, -0.25) is 9.88 Å². The van der Waals surface area contributed by atoms with Crippen molar-refractivity contribution in [3.05, 3.63) is 30.6 Å². The molecule has 8 nitrogen and oxygen atoms in total. The van der Waals surface area contributed by atoms with Crippen molar-refractivity contribution in [3.63, 3.8) is 0 Å². The van der Waals surface area contributed by atoms with E-state index >= 15 is 0 Å². The molecule has 1 saturated heterocycles. The van der Waals surface area contributed by atoms with Crippen molar-refractivity contribution in [2.75, 3.05) is 56.6 Å². The minimum absolute atomic E-state index is 0.0142. The van der Waals surface area contributed by atoms with E-state index in [0.717, 1.165) is 56.5 Å². The van der Waals surface area contributed by atoms with Crippen molar-refractivity contribution in [2.45, 2.75) is 13.0 Å². The number of nitrogens with one attached hydrogen (secondary N) is 2. The van der Waals surface area contributed by atoms with E-state index in [1.807, 2.05) is 25.1 Å². The molecule has 0 amide bonds. The zero-order valence-corrected chi connectivity index (χ0v) is 15.1. The SMILES string of the molecule is C[C@@H](CO)Nc1nc(NCCN2CCOCC2)cc(-c2cccnc2)n1. The van der Waals surface area contributed by atoms with Crippen LogP contribution in [-0.4, -0.2) is 77.0 Å². The maximum absolute atomic E-state index is 9.28. The third-order valence-corrected chi connectivity index (χ3v) is 4.17. The normalized spacial score (nSPS) is 16.2. The molecule has 0 spiro atoms. The van der Waals surface area contributed by atoms with Crippen LogP contribution in [0.5, 0.6) is 0 Å². The highest BCUT2D eigenvalue weighted by Gasteiger charge is 2.11. The Hall–Kier alpha value is -2.29. The van der Waals surface area contributed by atoms with E-state index in [0.29, 0.717) is 5.95 Å². The Morgan fingerprint density at radius 1 is 1.31 bits per heavy atom. The number of aliphatic hydroxyl groups is 1. The molecular formula is C18H26N6O2. The van der Waals surface area contributed by atoms with Crippen LogP contribution in [0.25, 0.3) is 11.3 Å². The summed E-state index contributed by atoms with van der Waals surface area (Å²) in [5, 5.41) is 15.8. The van der Waals surface area contributed by atoms with Crippen molar-refractivity contribution in [1.82, 2.24) is 19.9 Å². The monoisotopic (exact) mass is 358 g/mol. The fourth-order valence-corrected chi connectivity index (χ4v) is 2.70. The molecule has 0 aromatic carbocycles. The maximum Gasteiger partial charge on any atom is 0.225 e. The predicted molar refractivity (Wildman–Crippen MR) is 101 cm³/mol. The lowest BCUT2D eigenvalue weighted by molar-refractivity contribution is 0.0398. The van der Waals surface area contributed by atoms with Gasteiger partial charge in [0.25, 0.3) is 0 Å². The topological polar surface area (TPSA) is 95.4 Å². The third-order valence-electron chi connectivity index (χ3n) is 4.17. The summed E-state index contributed by atoms with van der Waals surface area (Å²) in [5.74, 6) is 1.24. The van der Waals surface area contributed by atoms with E-state index in [1.54, 1.807) is 12.4 Å². The third kappa shape index (κ3) is 5.35. The standard InChI is InChI=1S/C18H26N6O2/c1-14(13-25)21-18-22-16(15-3-2-4-19-12-15)11-17(23-18)20-5-6-24-7-9-26-10-8-24/h2-4,11-12,14,25H,5-10,13H2,1H3,(H2,20,21,22,23)/t14-/m0/s1. The van der Waals surface area contributed by atoms with Gasteiger partial charge in [0.05, 0.1) is 25.5 Å². The van der Waals surface area contributed by atoms with Gasteiger partial charge in [-0.15, -0.1) is 0 Å². The average Bonchev–Trinajstić information content (AvgIpc) is 2.69. The highest BCUT2D eigenvalue weighted by Crippen LogP contribution is 2.21. The summed E-state index contributed by atoms with van der Waals surface area (Å²) in [4.78, 5) is 15.6. The molecule has 0 aliphatic carbocycles. The summed E-state index contributed by atoms with van der Waals surface area (Å²) >= 11 is 0. The molecule has 26 heavy (non-hydrogen) atoms. The molecule has 2 aromatic rings. The smallest absolute Gasteiger partial charge is 0.225 e. The molecule has 1 fully saturated rings. The Morgan fingerprint density at radius 2 is 2.15 bits per heavy atom. The summed E-state index contributed by atoms with van der Waals surface area (Å²) in [6, 6.07) is 5.64. The highest BCUT2D eigenvalue weighted by atomic mass is 16.5. The van der Waals surface area contributed by atoms with Crippen LogP contribution in [-0.2, 0) is 4.74 Å². The molecular weight excluding hydrogens is 332 g/mol. The van der Waals surface area contributed by atoms with E-state index in [4.69, 9.17) is 4.74 Å². The van der Waals surface area contributed by atoms with Gasteiger partial charge in [-0.2, -0.15) is 4.98 Å². The zero-order chi connectivity index (χ0) is 18.2. The number of pyridine rings is 1. The number of aromatic nitrogens is 3. The number of aliphatic hydroxyl groups excluding tert-OH is 1. The molecule has 3 heterocycles. The van der Waals surface area contributed by atoms with E-state index in [2.05, 4.69) is 30.5 Å². The molecule has 1 atom stereocenters. The number of rotatable bonds is 8. The quantitative estimate of drug-likeness (QED) is 0.645. The number of hydrogen-bond donors (Lipinski definition) is 3. The van der Waals surface area contributed by atoms with Crippen LogP contribution >= 0.6 is 0 Å². The second-order valence-corrected chi connectivity index (χ2v) is 6.31. The molecule has 0 unspecified atom stereocenters. The van der Waals surface area contributed by atoms with Crippen LogP contribution in [0.2, 0.25) is 0 Å². The van der Waals surface area contributed by atoms with E-state index in [9.17, 15) is 5.11 Å². The minimum atomic E-state index is -0.125. The average molecular weight is 358 g/mol. The Morgan fingerprint density at radius 3 is 2.88 bits per heavy atom. The van der Waals surface area contributed by atoms with Gasteiger partial charge in [0.15, 0.2) is 0 Å². The predicted octanol–water partition coefficient (Wildman–Crippen LogP) is 1.08. The van der Waals surface area contributed by atoms with Crippen LogP contribution in [0.3, 0.4) is 0 Å². The number of nitrogens with zero attached hydrogens (tertiary/aromatic N) is 4. The molecule has 0 saturated carbocycles. The number of morpholine rings is 1. The number of hydrogen-bond acceptors (Lipinski definition) is 8.